The number of benzene rings is 2. The van der Waals surface area contributed by atoms with E-state index in [0.717, 1.165) is 31.7 Å². The van der Waals surface area contributed by atoms with Crippen molar-refractivity contribution in [1.82, 2.24) is 10.6 Å². The van der Waals surface area contributed by atoms with Gasteiger partial charge in [0.1, 0.15) is 5.75 Å². The molecule has 1 fully saturated rings. The van der Waals surface area contributed by atoms with Crippen LogP contribution in [-0.2, 0) is 17.6 Å². The number of nitrogens with one attached hydrogen (secondary N) is 2. The third-order valence-corrected chi connectivity index (χ3v) is 5.21. The van der Waals surface area contributed by atoms with Gasteiger partial charge in [0.05, 0.1) is 13.0 Å². The molecule has 1 saturated heterocycles. The fourth-order valence-corrected chi connectivity index (χ4v) is 3.59. The maximum absolute atomic E-state index is 12.7. The van der Waals surface area contributed by atoms with E-state index in [2.05, 4.69) is 47.9 Å². The van der Waals surface area contributed by atoms with Gasteiger partial charge < -0.3 is 15.4 Å². The number of carbonyl (C=O) groups excluding carboxylic acids is 1. The predicted octanol–water partition coefficient (Wildman–Crippen LogP) is 2.92. The van der Waals surface area contributed by atoms with Crippen LogP contribution in [0, 0.1) is 5.92 Å². The minimum Gasteiger partial charge on any atom is -0.497 e. The second-order valence-electron chi connectivity index (χ2n) is 6.86. The zero-order valence-corrected chi connectivity index (χ0v) is 15.6. The highest BCUT2D eigenvalue weighted by molar-refractivity contribution is 5.80. The Morgan fingerprint density at radius 1 is 1.15 bits per heavy atom. The Morgan fingerprint density at radius 2 is 1.96 bits per heavy atom. The predicted molar refractivity (Wildman–Crippen MR) is 105 cm³/mol. The molecule has 0 unspecified atom stereocenters. The molecule has 138 valence electrons. The van der Waals surface area contributed by atoms with E-state index in [-0.39, 0.29) is 17.7 Å². The minimum atomic E-state index is -0.00668. The number of hydrogen-bond acceptors (Lipinski definition) is 3. The molecule has 1 aliphatic heterocycles. The van der Waals surface area contributed by atoms with Crippen molar-refractivity contribution in [2.24, 2.45) is 5.92 Å². The Morgan fingerprint density at radius 3 is 2.69 bits per heavy atom. The Bertz CT molecular complexity index is 727. The second-order valence-corrected chi connectivity index (χ2v) is 6.86. The lowest BCUT2D eigenvalue weighted by Gasteiger charge is -2.19. The molecule has 0 spiro atoms. The van der Waals surface area contributed by atoms with Crippen LogP contribution in [0.3, 0.4) is 0 Å². The summed E-state index contributed by atoms with van der Waals surface area (Å²) in [6.45, 7) is 4.40. The first-order valence-corrected chi connectivity index (χ1v) is 9.41. The molecular weight excluding hydrogens is 324 g/mol. The average Bonchev–Trinajstić information content (AvgIpc) is 3.18. The molecule has 0 bridgehead atoms. The number of hydrogen-bond donors (Lipinski definition) is 2. The first-order chi connectivity index (χ1) is 12.7. The van der Waals surface area contributed by atoms with E-state index in [1.165, 1.54) is 16.7 Å². The maximum Gasteiger partial charge on any atom is 0.225 e. The van der Waals surface area contributed by atoms with Gasteiger partial charge >= 0.3 is 0 Å². The first-order valence-electron chi connectivity index (χ1n) is 9.41. The van der Waals surface area contributed by atoms with Crippen molar-refractivity contribution in [3.8, 4) is 5.75 Å². The van der Waals surface area contributed by atoms with E-state index in [0.29, 0.717) is 6.54 Å². The normalized spacial score (nSPS) is 19.3. The lowest BCUT2D eigenvalue weighted by atomic mass is 9.87. The Kier molecular flexibility index (Phi) is 6.29. The molecule has 2 aromatic rings. The molecule has 1 heterocycles. The molecule has 2 aromatic carbocycles. The van der Waals surface area contributed by atoms with Crippen LogP contribution in [-0.4, -0.2) is 32.7 Å². The van der Waals surface area contributed by atoms with Crippen molar-refractivity contribution < 1.29 is 9.53 Å². The number of ether oxygens (including phenoxy) is 1. The molecular formula is C22H28N2O2. The van der Waals surface area contributed by atoms with Gasteiger partial charge in [0.2, 0.25) is 5.91 Å². The summed E-state index contributed by atoms with van der Waals surface area (Å²) in [7, 11) is 1.67. The largest absolute Gasteiger partial charge is 0.497 e. The van der Waals surface area contributed by atoms with Gasteiger partial charge in [-0.05, 0) is 41.7 Å². The van der Waals surface area contributed by atoms with Crippen LogP contribution < -0.4 is 15.4 Å². The number of methoxy groups -OCH3 is 1. The van der Waals surface area contributed by atoms with Gasteiger partial charge in [0, 0.05) is 25.6 Å². The molecule has 4 nitrogen and oxygen atoms in total. The molecule has 0 aromatic heterocycles. The average molecular weight is 352 g/mol. The summed E-state index contributed by atoms with van der Waals surface area (Å²) < 4.78 is 5.25. The summed E-state index contributed by atoms with van der Waals surface area (Å²) in [6, 6.07) is 16.7. The van der Waals surface area contributed by atoms with Crippen molar-refractivity contribution in [1.29, 1.82) is 0 Å². The van der Waals surface area contributed by atoms with Crippen LogP contribution >= 0.6 is 0 Å². The maximum atomic E-state index is 12.7. The van der Waals surface area contributed by atoms with Crippen LogP contribution in [0.1, 0.15) is 29.5 Å². The van der Waals surface area contributed by atoms with Crippen LogP contribution in [0.4, 0.5) is 0 Å². The minimum absolute atomic E-state index is 0.00668. The lowest BCUT2D eigenvalue weighted by Crippen LogP contribution is -2.35. The van der Waals surface area contributed by atoms with Crippen molar-refractivity contribution in [2.75, 3.05) is 26.7 Å². The third kappa shape index (κ3) is 4.44. The Balaban J connectivity index is 1.55. The Labute approximate surface area is 156 Å². The van der Waals surface area contributed by atoms with Gasteiger partial charge in [-0.25, -0.2) is 0 Å². The van der Waals surface area contributed by atoms with E-state index in [9.17, 15) is 4.79 Å². The highest BCUT2D eigenvalue weighted by Gasteiger charge is 2.33. The second kappa shape index (κ2) is 8.86. The van der Waals surface area contributed by atoms with E-state index in [1.807, 2.05) is 18.2 Å². The fraction of sp³-hybridized carbons (Fsp3) is 0.409. The number of aryl methyl sites for hydroxylation is 1. The summed E-state index contributed by atoms with van der Waals surface area (Å²) >= 11 is 0. The molecule has 0 aliphatic carbocycles. The van der Waals surface area contributed by atoms with Gasteiger partial charge in [0.25, 0.3) is 0 Å². The van der Waals surface area contributed by atoms with Gasteiger partial charge in [-0.15, -0.1) is 0 Å². The van der Waals surface area contributed by atoms with Crippen molar-refractivity contribution in [2.45, 2.75) is 25.7 Å². The summed E-state index contributed by atoms with van der Waals surface area (Å²) in [4.78, 5) is 12.7. The molecule has 0 saturated carbocycles. The fourth-order valence-electron chi connectivity index (χ4n) is 3.59. The molecule has 1 amide bonds. The van der Waals surface area contributed by atoms with Crippen LogP contribution in [0.25, 0.3) is 0 Å². The van der Waals surface area contributed by atoms with Gasteiger partial charge in [-0.2, -0.15) is 0 Å². The van der Waals surface area contributed by atoms with Crippen molar-refractivity contribution in [3.05, 3.63) is 65.2 Å². The molecule has 3 rings (SSSR count). The smallest absolute Gasteiger partial charge is 0.225 e. The standard InChI is InChI=1S/C22H28N2O2/c1-3-16-7-9-18(10-8-16)20-14-23-15-21(20)22(25)24-12-11-17-5-4-6-19(13-17)26-2/h4-10,13,20-21,23H,3,11-12,14-15H2,1-2H3,(H,24,25)/t20-,21+/m0/s1. The van der Waals surface area contributed by atoms with E-state index < -0.39 is 0 Å². The highest BCUT2D eigenvalue weighted by atomic mass is 16.5. The summed E-state index contributed by atoms with van der Waals surface area (Å²) in [6.07, 6.45) is 1.84. The van der Waals surface area contributed by atoms with Gasteiger partial charge in [-0.1, -0.05) is 43.3 Å². The monoisotopic (exact) mass is 352 g/mol. The molecule has 4 heteroatoms. The molecule has 2 N–H and O–H groups in total. The van der Waals surface area contributed by atoms with Gasteiger partial charge in [-0.3, -0.25) is 4.79 Å². The first kappa shape index (κ1) is 18.5. The SMILES string of the molecule is CCc1ccc([C@@H]2CNC[C@H]2C(=O)NCCc2cccc(OC)c2)cc1. The van der Waals surface area contributed by atoms with Crippen LogP contribution in [0.2, 0.25) is 0 Å². The van der Waals surface area contributed by atoms with Crippen molar-refractivity contribution in [3.63, 3.8) is 0 Å². The van der Waals surface area contributed by atoms with Crippen molar-refractivity contribution >= 4 is 5.91 Å². The third-order valence-electron chi connectivity index (χ3n) is 5.21. The highest BCUT2D eigenvalue weighted by Crippen LogP contribution is 2.28. The Hall–Kier alpha value is -2.33. The lowest BCUT2D eigenvalue weighted by molar-refractivity contribution is -0.124. The zero-order valence-electron chi connectivity index (χ0n) is 15.6. The number of rotatable bonds is 7. The van der Waals surface area contributed by atoms with Gasteiger partial charge in [0.15, 0.2) is 0 Å². The van der Waals surface area contributed by atoms with E-state index >= 15 is 0 Å². The summed E-state index contributed by atoms with van der Waals surface area (Å²) in [5.41, 5.74) is 3.75. The molecule has 1 aliphatic rings. The van der Waals surface area contributed by atoms with Crippen LogP contribution in [0.5, 0.6) is 5.75 Å². The number of carbonyl (C=O) groups is 1. The van der Waals surface area contributed by atoms with E-state index in [4.69, 9.17) is 4.74 Å². The molecule has 0 radical (unpaired) electrons. The topological polar surface area (TPSA) is 50.4 Å². The molecule has 2 atom stereocenters. The number of amides is 1. The summed E-state index contributed by atoms with van der Waals surface area (Å²) in [5.74, 6) is 1.23. The van der Waals surface area contributed by atoms with Crippen LogP contribution in [0.15, 0.2) is 48.5 Å². The summed E-state index contributed by atoms with van der Waals surface area (Å²) in [5, 5.41) is 6.49. The quantitative estimate of drug-likeness (QED) is 0.806. The molecule has 26 heavy (non-hydrogen) atoms. The zero-order chi connectivity index (χ0) is 18.4. The van der Waals surface area contributed by atoms with E-state index in [1.54, 1.807) is 7.11 Å².